The van der Waals surface area contributed by atoms with Crippen LogP contribution in [0.15, 0.2) is 43.0 Å². The lowest BCUT2D eigenvalue weighted by Gasteiger charge is -1.87. The van der Waals surface area contributed by atoms with Crippen LogP contribution in [0.3, 0.4) is 0 Å². The van der Waals surface area contributed by atoms with Crippen LogP contribution in [0.1, 0.15) is 21.0 Å². The molecule has 0 saturated heterocycles. The van der Waals surface area contributed by atoms with Gasteiger partial charge in [0.25, 0.3) is 0 Å². The number of aromatic carboxylic acids is 2. The molecule has 2 rings (SSSR count). The highest BCUT2D eigenvalue weighted by Gasteiger charge is 2.00. The molecule has 2 heterocycles. The molecule has 2 aromatic heterocycles. The number of nitrogens with zero attached hydrogens (tertiary/aromatic N) is 3. The van der Waals surface area contributed by atoms with E-state index in [-0.39, 0.29) is 11.4 Å². The van der Waals surface area contributed by atoms with E-state index in [9.17, 15) is 9.59 Å². The van der Waals surface area contributed by atoms with Gasteiger partial charge in [-0.1, -0.05) is 6.07 Å². The molecule has 0 radical (unpaired) electrons. The number of hydrogen-bond donors (Lipinski definition) is 2. The van der Waals surface area contributed by atoms with E-state index in [1.54, 1.807) is 12.1 Å². The molecule has 7 heteroatoms. The number of carboxylic acid groups (broad SMARTS) is 2. The maximum atomic E-state index is 10.1. The molecule has 0 aliphatic heterocycles. The summed E-state index contributed by atoms with van der Waals surface area (Å²) < 4.78 is 0. The average molecular weight is 247 g/mol. The van der Waals surface area contributed by atoms with Gasteiger partial charge in [-0.2, -0.15) is 0 Å². The van der Waals surface area contributed by atoms with Crippen LogP contribution in [0.4, 0.5) is 0 Å². The fourth-order valence-electron chi connectivity index (χ4n) is 0.899. The predicted octanol–water partition coefficient (Wildman–Crippen LogP) is 0.955. The summed E-state index contributed by atoms with van der Waals surface area (Å²) in [7, 11) is 0. The molecular formula is C11H9N3O4. The fraction of sp³-hybridized carbons (Fsp3) is 0. The van der Waals surface area contributed by atoms with Crippen molar-refractivity contribution in [1.82, 2.24) is 15.0 Å². The largest absolute Gasteiger partial charge is 0.477 e. The number of aromatic nitrogens is 3. The first-order valence-corrected chi connectivity index (χ1v) is 4.75. The monoisotopic (exact) mass is 247 g/mol. The Balaban J connectivity index is 0.000000180. The minimum Gasteiger partial charge on any atom is -0.477 e. The van der Waals surface area contributed by atoms with E-state index >= 15 is 0 Å². The molecule has 0 atom stereocenters. The van der Waals surface area contributed by atoms with Crippen molar-refractivity contribution >= 4 is 11.9 Å². The Labute approximate surface area is 102 Å². The van der Waals surface area contributed by atoms with E-state index in [1.807, 2.05) is 0 Å². The summed E-state index contributed by atoms with van der Waals surface area (Å²) in [6, 6.07) is 4.76. The number of pyridine rings is 1. The standard InChI is InChI=1S/C6H5NO2.C5H4N2O2/c8-6(9)5-3-1-2-4-7-5;8-5(9)4-3-6-1-2-7-4/h1-4H,(H,8,9);1-3H,(H,8,9). The number of hydrogen-bond acceptors (Lipinski definition) is 5. The highest BCUT2D eigenvalue weighted by Crippen LogP contribution is 1.90. The van der Waals surface area contributed by atoms with Crippen molar-refractivity contribution in [3.8, 4) is 0 Å². The van der Waals surface area contributed by atoms with Crippen LogP contribution in [-0.2, 0) is 0 Å². The lowest BCUT2D eigenvalue weighted by molar-refractivity contribution is 0.0679. The van der Waals surface area contributed by atoms with Crippen molar-refractivity contribution in [2.45, 2.75) is 0 Å². The summed E-state index contributed by atoms with van der Waals surface area (Å²) in [6.45, 7) is 0. The highest BCUT2D eigenvalue weighted by molar-refractivity contribution is 5.85. The molecule has 0 aliphatic rings. The first-order valence-electron chi connectivity index (χ1n) is 4.75. The molecule has 0 aliphatic carbocycles. The van der Waals surface area contributed by atoms with Gasteiger partial charge in [-0.3, -0.25) is 4.98 Å². The van der Waals surface area contributed by atoms with Gasteiger partial charge in [0.15, 0.2) is 5.69 Å². The Morgan fingerprint density at radius 1 is 0.889 bits per heavy atom. The second-order valence-electron chi connectivity index (χ2n) is 2.92. The number of carboxylic acids is 2. The quantitative estimate of drug-likeness (QED) is 0.812. The van der Waals surface area contributed by atoms with Crippen molar-refractivity contribution < 1.29 is 19.8 Å². The van der Waals surface area contributed by atoms with Crippen LogP contribution in [0.25, 0.3) is 0 Å². The predicted molar refractivity (Wildman–Crippen MR) is 60.2 cm³/mol. The zero-order valence-electron chi connectivity index (χ0n) is 9.09. The maximum Gasteiger partial charge on any atom is 0.356 e. The molecular weight excluding hydrogens is 238 g/mol. The summed E-state index contributed by atoms with van der Waals surface area (Å²) in [5, 5.41) is 16.6. The second kappa shape index (κ2) is 6.69. The van der Waals surface area contributed by atoms with Crippen molar-refractivity contribution in [2.24, 2.45) is 0 Å². The number of rotatable bonds is 2. The normalized spacial score (nSPS) is 8.89. The zero-order chi connectivity index (χ0) is 13.4. The molecule has 18 heavy (non-hydrogen) atoms. The SMILES string of the molecule is O=C(O)c1ccccn1.O=C(O)c1cnccn1. The van der Waals surface area contributed by atoms with E-state index < -0.39 is 11.9 Å². The third-order valence-electron chi connectivity index (χ3n) is 1.67. The molecule has 92 valence electrons. The van der Waals surface area contributed by atoms with Gasteiger partial charge in [0.1, 0.15) is 5.69 Å². The van der Waals surface area contributed by atoms with Gasteiger partial charge in [0.2, 0.25) is 0 Å². The first kappa shape index (κ1) is 13.2. The molecule has 0 spiro atoms. The molecule has 0 aromatic carbocycles. The molecule has 0 unspecified atom stereocenters. The summed E-state index contributed by atoms with van der Waals surface area (Å²) in [5.74, 6) is -2.04. The molecule has 0 saturated carbocycles. The van der Waals surface area contributed by atoms with Crippen LogP contribution < -0.4 is 0 Å². The van der Waals surface area contributed by atoms with Gasteiger partial charge in [-0.05, 0) is 12.1 Å². The van der Waals surface area contributed by atoms with Crippen LogP contribution in [-0.4, -0.2) is 37.1 Å². The summed E-state index contributed by atoms with van der Waals surface area (Å²) in [6.07, 6.45) is 5.40. The van der Waals surface area contributed by atoms with Gasteiger partial charge in [-0.15, -0.1) is 0 Å². The van der Waals surface area contributed by atoms with E-state index in [0.29, 0.717) is 0 Å². The molecule has 7 nitrogen and oxygen atoms in total. The minimum atomic E-state index is -1.05. The van der Waals surface area contributed by atoms with Gasteiger partial charge in [-0.25, -0.2) is 19.6 Å². The van der Waals surface area contributed by atoms with Crippen molar-refractivity contribution in [2.75, 3.05) is 0 Å². The van der Waals surface area contributed by atoms with Crippen LogP contribution in [0.5, 0.6) is 0 Å². The van der Waals surface area contributed by atoms with Gasteiger partial charge in [0.05, 0.1) is 6.20 Å². The van der Waals surface area contributed by atoms with Crippen molar-refractivity contribution in [3.05, 3.63) is 54.4 Å². The van der Waals surface area contributed by atoms with Crippen LogP contribution in [0, 0.1) is 0 Å². The van der Waals surface area contributed by atoms with Gasteiger partial charge >= 0.3 is 11.9 Å². The third kappa shape index (κ3) is 4.35. The summed E-state index contributed by atoms with van der Waals surface area (Å²) >= 11 is 0. The Kier molecular flexibility index (Phi) is 4.92. The molecule has 2 aromatic rings. The number of carbonyl (C=O) groups is 2. The summed E-state index contributed by atoms with van der Waals surface area (Å²) in [4.78, 5) is 30.9. The smallest absolute Gasteiger partial charge is 0.356 e. The Bertz CT molecular complexity index is 467. The fourth-order valence-corrected chi connectivity index (χ4v) is 0.899. The van der Waals surface area contributed by atoms with E-state index in [0.717, 1.165) is 0 Å². The Morgan fingerprint density at radius 3 is 1.89 bits per heavy atom. The maximum absolute atomic E-state index is 10.1. The van der Waals surface area contributed by atoms with Crippen molar-refractivity contribution in [1.29, 1.82) is 0 Å². The molecule has 0 bridgehead atoms. The average Bonchev–Trinajstić information content (AvgIpc) is 2.41. The molecule has 0 fully saturated rings. The minimum absolute atomic E-state index is 0.0301. The van der Waals surface area contributed by atoms with Gasteiger partial charge < -0.3 is 10.2 Å². The molecule has 2 N–H and O–H groups in total. The second-order valence-corrected chi connectivity index (χ2v) is 2.92. The van der Waals surface area contributed by atoms with E-state index in [4.69, 9.17) is 10.2 Å². The lowest BCUT2D eigenvalue weighted by atomic mass is 10.4. The summed E-state index contributed by atoms with van der Waals surface area (Å²) in [5.41, 5.74) is 0.0509. The Hall–Kier alpha value is -2.83. The van der Waals surface area contributed by atoms with Crippen molar-refractivity contribution in [3.63, 3.8) is 0 Å². The third-order valence-corrected chi connectivity index (χ3v) is 1.67. The van der Waals surface area contributed by atoms with Gasteiger partial charge in [0, 0.05) is 18.6 Å². The lowest BCUT2D eigenvalue weighted by Crippen LogP contribution is -1.99. The topological polar surface area (TPSA) is 113 Å². The van der Waals surface area contributed by atoms with E-state index in [2.05, 4.69) is 15.0 Å². The highest BCUT2D eigenvalue weighted by atomic mass is 16.4. The van der Waals surface area contributed by atoms with Crippen LogP contribution in [0.2, 0.25) is 0 Å². The van der Waals surface area contributed by atoms with Crippen LogP contribution >= 0.6 is 0 Å². The Morgan fingerprint density at radius 2 is 1.56 bits per heavy atom. The molecule has 0 amide bonds. The zero-order valence-corrected chi connectivity index (χ0v) is 9.09. The first-order chi connectivity index (χ1) is 8.61. The van der Waals surface area contributed by atoms with E-state index in [1.165, 1.54) is 30.9 Å².